The number of benzene rings is 2. The zero-order valence-electron chi connectivity index (χ0n) is 13.4. The summed E-state index contributed by atoms with van der Waals surface area (Å²) in [5.74, 6) is 0.787. The highest BCUT2D eigenvalue weighted by atomic mass is 79.9. The molecule has 0 saturated carbocycles. The molecule has 136 valence electrons. The van der Waals surface area contributed by atoms with Crippen LogP contribution in [-0.4, -0.2) is 21.4 Å². The Labute approximate surface area is 183 Å². The van der Waals surface area contributed by atoms with E-state index in [-0.39, 0.29) is 5.25 Å². The van der Waals surface area contributed by atoms with Gasteiger partial charge in [0.1, 0.15) is 12.4 Å². The zero-order chi connectivity index (χ0) is 18.5. The molecule has 0 bridgehead atoms. The van der Waals surface area contributed by atoms with Crippen LogP contribution in [0.25, 0.3) is 0 Å². The molecule has 0 aliphatic carbocycles. The minimum Gasteiger partial charge on any atom is -0.491 e. The van der Waals surface area contributed by atoms with Crippen LogP contribution < -0.4 is 4.74 Å². The number of halogens is 4. The van der Waals surface area contributed by atoms with E-state index in [2.05, 4.69) is 36.8 Å². The Hall–Kier alpha value is -0.660. The summed E-state index contributed by atoms with van der Waals surface area (Å²) in [6.07, 6.45) is 5.48. The van der Waals surface area contributed by atoms with E-state index in [1.54, 1.807) is 24.3 Å². The summed E-state index contributed by atoms with van der Waals surface area (Å²) < 4.78 is 9.95. The lowest BCUT2D eigenvalue weighted by atomic mass is 10.3. The van der Waals surface area contributed by atoms with Crippen LogP contribution in [0, 0.1) is 0 Å². The second-order valence-corrected chi connectivity index (χ2v) is 9.33. The molecule has 1 heterocycles. The first-order chi connectivity index (χ1) is 12.5. The standard InChI is InChI=1S/C18H14Br2Cl2N2OS/c19-12-4-5-17(14(20)8-12)25-10-13(9-24-7-6-23-11-24)26-18-15(21)2-1-3-16(18)22/h1-8,11,13H,9-10H2. The Balaban J connectivity index is 1.76. The van der Waals surface area contributed by atoms with Gasteiger partial charge in [-0.25, -0.2) is 4.98 Å². The molecule has 0 amide bonds. The van der Waals surface area contributed by atoms with Crippen molar-refractivity contribution < 1.29 is 4.74 Å². The lowest BCUT2D eigenvalue weighted by Crippen LogP contribution is -2.20. The van der Waals surface area contributed by atoms with E-state index in [0.29, 0.717) is 16.7 Å². The minimum atomic E-state index is 0.0946. The lowest BCUT2D eigenvalue weighted by Gasteiger charge is -2.20. The fourth-order valence-corrected chi connectivity index (χ4v) is 5.19. The molecule has 3 aromatic rings. The number of ether oxygens (including phenoxy) is 1. The van der Waals surface area contributed by atoms with Crippen LogP contribution in [0.3, 0.4) is 0 Å². The first-order valence-electron chi connectivity index (χ1n) is 7.67. The Morgan fingerprint density at radius 1 is 1.15 bits per heavy atom. The molecule has 0 aliphatic heterocycles. The highest BCUT2D eigenvalue weighted by Gasteiger charge is 2.17. The molecule has 2 aromatic carbocycles. The number of imidazole rings is 1. The molecule has 8 heteroatoms. The van der Waals surface area contributed by atoms with Gasteiger partial charge >= 0.3 is 0 Å². The van der Waals surface area contributed by atoms with Crippen molar-refractivity contribution in [3.8, 4) is 5.75 Å². The van der Waals surface area contributed by atoms with Crippen LogP contribution in [0.5, 0.6) is 5.75 Å². The minimum absolute atomic E-state index is 0.0946. The van der Waals surface area contributed by atoms with Gasteiger partial charge in [-0.2, -0.15) is 0 Å². The molecule has 0 saturated heterocycles. The second-order valence-electron chi connectivity index (χ2n) is 5.44. The maximum absolute atomic E-state index is 6.34. The normalized spacial score (nSPS) is 12.2. The highest BCUT2D eigenvalue weighted by Crippen LogP contribution is 2.37. The molecule has 3 nitrogen and oxygen atoms in total. The first-order valence-corrected chi connectivity index (χ1v) is 10.9. The first kappa shape index (κ1) is 20.1. The van der Waals surface area contributed by atoms with Crippen molar-refractivity contribution in [2.45, 2.75) is 16.7 Å². The third kappa shape index (κ3) is 5.42. The van der Waals surface area contributed by atoms with Gasteiger partial charge < -0.3 is 9.30 Å². The van der Waals surface area contributed by atoms with Gasteiger partial charge in [0.05, 0.1) is 26.1 Å². The Morgan fingerprint density at radius 3 is 2.58 bits per heavy atom. The van der Waals surface area contributed by atoms with Crippen molar-refractivity contribution >= 4 is 66.8 Å². The molecule has 0 radical (unpaired) electrons. The van der Waals surface area contributed by atoms with Gasteiger partial charge in [0.15, 0.2) is 0 Å². The lowest BCUT2D eigenvalue weighted by molar-refractivity contribution is 0.306. The van der Waals surface area contributed by atoms with Crippen molar-refractivity contribution in [3.05, 3.63) is 74.1 Å². The van der Waals surface area contributed by atoms with Crippen molar-refractivity contribution in [2.75, 3.05) is 6.61 Å². The molecule has 3 rings (SSSR count). The zero-order valence-corrected chi connectivity index (χ0v) is 18.9. The Kier molecular flexibility index (Phi) is 7.35. The SMILES string of the molecule is Clc1cccc(Cl)c1SC(COc1ccc(Br)cc1Br)Cn1ccnc1. The third-order valence-electron chi connectivity index (χ3n) is 3.50. The van der Waals surface area contributed by atoms with Crippen LogP contribution in [0.4, 0.5) is 0 Å². The number of rotatable bonds is 7. The molecular formula is C18H14Br2Cl2N2OS. The summed E-state index contributed by atoms with van der Waals surface area (Å²) >= 11 is 21.3. The summed E-state index contributed by atoms with van der Waals surface area (Å²) in [6, 6.07) is 11.4. The molecule has 1 atom stereocenters. The molecule has 0 spiro atoms. The number of hydrogen-bond acceptors (Lipinski definition) is 3. The van der Waals surface area contributed by atoms with Crippen LogP contribution in [0.1, 0.15) is 0 Å². The van der Waals surface area contributed by atoms with Gasteiger partial charge in [0, 0.05) is 28.3 Å². The number of nitrogens with zero attached hydrogens (tertiary/aromatic N) is 2. The summed E-state index contributed by atoms with van der Waals surface area (Å²) in [4.78, 5) is 4.97. The fourth-order valence-electron chi connectivity index (χ4n) is 2.29. The van der Waals surface area contributed by atoms with Crippen LogP contribution >= 0.6 is 66.8 Å². The van der Waals surface area contributed by atoms with E-state index in [9.17, 15) is 0 Å². The van der Waals surface area contributed by atoms with Gasteiger partial charge in [-0.3, -0.25) is 0 Å². The molecule has 0 fully saturated rings. The van der Waals surface area contributed by atoms with Gasteiger partial charge in [-0.1, -0.05) is 45.2 Å². The smallest absolute Gasteiger partial charge is 0.133 e. The van der Waals surface area contributed by atoms with Crippen molar-refractivity contribution in [1.82, 2.24) is 9.55 Å². The summed E-state index contributed by atoms with van der Waals surface area (Å²) in [6.45, 7) is 1.21. The maximum Gasteiger partial charge on any atom is 0.133 e. The Bertz CT molecular complexity index is 857. The second kappa shape index (κ2) is 9.51. The Morgan fingerprint density at radius 2 is 1.92 bits per heavy atom. The average Bonchev–Trinajstić information content (AvgIpc) is 3.10. The molecule has 0 N–H and O–H groups in total. The van der Waals surface area contributed by atoms with E-state index >= 15 is 0 Å². The highest BCUT2D eigenvalue weighted by molar-refractivity contribution is 9.11. The molecular weight excluding hydrogens is 523 g/mol. The van der Waals surface area contributed by atoms with Gasteiger partial charge in [-0.05, 0) is 46.3 Å². The monoisotopic (exact) mass is 534 g/mol. The van der Waals surface area contributed by atoms with Gasteiger partial charge in [-0.15, -0.1) is 11.8 Å². The number of hydrogen-bond donors (Lipinski definition) is 0. The summed E-state index contributed by atoms with van der Waals surface area (Å²) in [5, 5.41) is 1.38. The van der Waals surface area contributed by atoms with Crippen LogP contribution in [-0.2, 0) is 6.54 Å². The topological polar surface area (TPSA) is 27.1 Å². The fraction of sp³-hybridized carbons (Fsp3) is 0.167. The van der Waals surface area contributed by atoms with Crippen LogP contribution in [0.15, 0.2) is 69.0 Å². The van der Waals surface area contributed by atoms with Gasteiger partial charge in [0.25, 0.3) is 0 Å². The molecule has 26 heavy (non-hydrogen) atoms. The summed E-state index contributed by atoms with van der Waals surface area (Å²) in [5.41, 5.74) is 0. The van der Waals surface area contributed by atoms with E-state index in [0.717, 1.165) is 26.1 Å². The van der Waals surface area contributed by atoms with E-state index in [4.69, 9.17) is 27.9 Å². The predicted molar refractivity (Wildman–Crippen MR) is 116 cm³/mol. The average molecular weight is 537 g/mol. The van der Waals surface area contributed by atoms with Gasteiger partial charge in [0.2, 0.25) is 0 Å². The van der Waals surface area contributed by atoms with Crippen LogP contribution in [0.2, 0.25) is 10.0 Å². The van der Waals surface area contributed by atoms with E-state index < -0.39 is 0 Å². The quantitative estimate of drug-likeness (QED) is 0.306. The molecule has 1 aromatic heterocycles. The predicted octanol–water partition coefficient (Wildman–Crippen LogP) is 6.95. The molecule has 0 aliphatic rings. The number of aromatic nitrogens is 2. The maximum atomic E-state index is 6.34. The molecule has 1 unspecified atom stereocenters. The summed E-state index contributed by atoms with van der Waals surface area (Å²) in [7, 11) is 0. The third-order valence-corrected chi connectivity index (χ3v) is 6.76. The largest absolute Gasteiger partial charge is 0.491 e. The number of thioether (sulfide) groups is 1. The van der Waals surface area contributed by atoms with Crippen molar-refractivity contribution in [1.29, 1.82) is 0 Å². The van der Waals surface area contributed by atoms with Crippen molar-refractivity contribution in [3.63, 3.8) is 0 Å². The van der Waals surface area contributed by atoms with E-state index in [1.165, 1.54) is 0 Å². The van der Waals surface area contributed by atoms with E-state index in [1.807, 2.05) is 47.2 Å². The van der Waals surface area contributed by atoms with Crippen molar-refractivity contribution in [2.24, 2.45) is 0 Å².